The Morgan fingerprint density at radius 2 is 2.32 bits per heavy atom. The van der Waals surface area contributed by atoms with Crippen LogP contribution in [0.25, 0.3) is 0 Å². The van der Waals surface area contributed by atoms with E-state index in [0.717, 1.165) is 25.7 Å². The van der Waals surface area contributed by atoms with Gasteiger partial charge in [-0.3, -0.25) is 10.1 Å². The minimum atomic E-state index is -0.409. The van der Waals surface area contributed by atoms with E-state index in [1.54, 1.807) is 20.1 Å². The van der Waals surface area contributed by atoms with Crippen molar-refractivity contribution in [2.24, 2.45) is 0 Å². The van der Waals surface area contributed by atoms with Crippen molar-refractivity contribution < 1.29 is 9.66 Å². The molecule has 2 atom stereocenters. The first-order valence-corrected chi connectivity index (χ1v) is 6.50. The van der Waals surface area contributed by atoms with Crippen LogP contribution in [0.5, 0.6) is 0 Å². The van der Waals surface area contributed by atoms with Crippen LogP contribution in [-0.2, 0) is 4.74 Å². The standard InChI is InChI=1S/C13H19N3O3/c1-9-6-13(14-8-12(9)16(17)18)15-10-4-3-5-11(7-10)19-2/h6,8,10-11H,3-5,7H2,1-2H3,(H,14,15). The number of anilines is 1. The Balaban J connectivity index is 2.03. The fourth-order valence-electron chi connectivity index (χ4n) is 2.52. The molecule has 6 nitrogen and oxygen atoms in total. The average Bonchev–Trinajstić information content (AvgIpc) is 2.38. The Kier molecular flexibility index (Phi) is 4.31. The van der Waals surface area contributed by atoms with Crippen molar-refractivity contribution in [2.45, 2.75) is 44.8 Å². The topological polar surface area (TPSA) is 77.3 Å². The zero-order chi connectivity index (χ0) is 13.8. The molecule has 2 unspecified atom stereocenters. The van der Waals surface area contributed by atoms with Gasteiger partial charge in [0.2, 0.25) is 0 Å². The highest BCUT2D eigenvalue weighted by Gasteiger charge is 2.22. The molecule has 1 aliphatic rings. The first-order chi connectivity index (χ1) is 9.10. The molecule has 19 heavy (non-hydrogen) atoms. The first kappa shape index (κ1) is 13.7. The molecule has 0 bridgehead atoms. The summed E-state index contributed by atoms with van der Waals surface area (Å²) < 4.78 is 5.38. The van der Waals surface area contributed by atoms with E-state index in [9.17, 15) is 10.1 Å². The smallest absolute Gasteiger partial charge is 0.290 e. The fourth-order valence-corrected chi connectivity index (χ4v) is 2.52. The number of rotatable bonds is 4. The van der Waals surface area contributed by atoms with Gasteiger partial charge in [-0.2, -0.15) is 0 Å². The minimum Gasteiger partial charge on any atom is -0.381 e. The lowest BCUT2D eigenvalue weighted by molar-refractivity contribution is -0.385. The molecule has 1 aromatic heterocycles. The molecular formula is C13H19N3O3. The number of ether oxygens (including phenoxy) is 1. The predicted molar refractivity (Wildman–Crippen MR) is 72.3 cm³/mol. The van der Waals surface area contributed by atoms with Gasteiger partial charge < -0.3 is 10.1 Å². The molecule has 1 aliphatic carbocycles. The third kappa shape index (κ3) is 3.41. The molecule has 2 rings (SSSR count). The lowest BCUT2D eigenvalue weighted by atomic mass is 9.93. The van der Waals surface area contributed by atoms with Crippen LogP contribution < -0.4 is 5.32 Å². The van der Waals surface area contributed by atoms with Gasteiger partial charge in [0.25, 0.3) is 5.69 Å². The molecule has 0 saturated heterocycles. The second-order valence-corrected chi connectivity index (χ2v) is 4.98. The molecule has 0 spiro atoms. The third-order valence-electron chi connectivity index (χ3n) is 3.59. The number of aryl methyl sites for hydroxylation is 1. The molecule has 1 saturated carbocycles. The van der Waals surface area contributed by atoms with Gasteiger partial charge in [-0.1, -0.05) is 0 Å². The maximum absolute atomic E-state index is 10.7. The summed E-state index contributed by atoms with van der Waals surface area (Å²) >= 11 is 0. The first-order valence-electron chi connectivity index (χ1n) is 6.50. The lowest BCUT2D eigenvalue weighted by Crippen LogP contribution is -2.31. The number of hydrogen-bond donors (Lipinski definition) is 1. The van der Waals surface area contributed by atoms with E-state index in [2.05, 4.69) is 10.3 Å². The number of pyridine rings is 1. The van der Waals surface area contributed by atoms with E-state index in [1.807, 2.05) is 0 Å². The van der Waals surface area contributed by atoms with Crippen molar-refractivity contribution in [2.75, 3.05) is 12.4 Å². The van der Waals surface area contributed by atoms with Crippen LogP contribution >= 0.6 is 0 Å². The summed E-state index contributed by atoms with van der Waals surface area (Å²) in [6.07, 6.45) is 5.87. The number of nitro groups is 1. The SMILES string of the molecule is COC1CCCC(Nc2cc(C)c([N+](=O)[O-])cn2)C1. The van der Waals surface area contributed by atoms with Gasteiger partial charge in [-0.05, 0) is 38.7 Å². The zero-order valence-corrected chi connectivity index (χ0v) is 11.3. The molecule has 1 fully saturated rings. The van der Waals surface area contributed by atoms with Crippen LogP contribution in [0.1, 0.15) is 31.2 Å². The minimum absolute atomic E-state index is 0.0592. The van der Waals surface area contributed by atoms with Crippen LogP contribution in [0.2, 0.25) is 0 Å². The Morgan fingerprint density at radius 3 is 2.95 bits per heavy atom. The number of nitrogens with zero attached hydrogens (tertiary/aromatic N) is 2. The quantitative estimate of drug-likeness (QED) is 0.669. The molecule has 6 heteroatoms. The van der Waals surface area contributed by atoms with Gasteiger partial charge in [-0.25, -0.2) is 4.98 Å². The maximum Gasteiger partial charge on any atom is 0.290 e. The highest BCUT2D eigenvalue weighted by atomic mass is 16.6. The Morgan fingerprint density at radius 1 is 1.53 bits per heavy atom. The van der Waals surface area contributed by atoms with Gasteiger partial charge in [0.05, 0.1) is 11.0 Å². The summed E-state index contributed by atoms with van der Waals surface area (Å²) in [5, 5.41) is 14.1. The van der Waals surface area contributed by atoms with Gasteiger partial charge >= 0.3 is 0 Å². The second kappa shape index (κ2) is 5.97. The zero-order valence-electron chi connectivity index (χ0n) is 11.3. The van der Waals surface area contributed by atoms with Crippen LogP contribution in [0.15, 0.2) is 12.3 Å². The number of aromatic nitrogens is 1. The Bertz CT molecular complexity index is 464. The van der Waals surface area contributed by atoms with E-state index in [0.29, 0.717) is 23.5 Å². The fraction of sp³-hybridized carbons (Fsp3) is 0.615. The largest absolute Gasteiger partial charge is 0.381 e. The summed E-state index contributed by atoms with van der Waals surface area (Å²) in [7, 11) is 1.74. The molecule has 1 N–H and O–H groups in total. The van der Waals surface area contributed by atoms with E-state index in [4.69, 9.17) is 4.74 Å². The van der Waals surface area contributed by atoms with Crippen molar-refractivity contribution >= 4 is 11.5 Å². The maximum atomic E-state index is 10.7. The van der Waals surface area contributed by atoms with Crippen LogP contribution in [-0.4, -0.2) is 29.2 Å². The van der Waals surface area contributed by atoms with Crippen molar-refractivity contribution in [3.05, 3.63) is 27.9 Å². The Labute approximate surface area is 112 Å². The number of hydrogen-bond acceptors (Lipinski definition) is 5. The average molecular weight is 265 g/mol. The van der Waals surface area contributed by atoms with E-state index < -0.39 is 4.92 Å². The number of nitrogens with one attached hydrogen (secondary N) is 1. The normalized spacial score (nSPS) is 23.1. The molecule has 0 aromatic carbocycles. The van der Waals surface area contributed by atoms with Crippen molar-refractivity contribution in [1.82, 2.24) is 4.98 Å². The van der Waals surface area contributed by atoms with Gasteiger partial charge in [0, 0.05) is 18.7 Å². The molecule has 104 valence electrons. The van der Waals surface area contributed by atoms with Crippen LogP contribution in [0, 0.1) is 17.0 Å². The lowest BCUT2D eigenvalue weighted by Gasteiger charge is -2.29. The highest BCUT2D eigenvalue weighted by molar-refractivity contribution is 5.47. The van der Waals surface area contributed by atoms with E-state index in [-0.39, 0.29) is 5.69 Å². The molecule has 0 radical (unpaired) electrons. The summed E-state index contributed by atoms with van der Waals surface area (Å²) in [5.74, 6) is 0.699. The van der Waals surface area contributed by atoms with Gasteiger partial charge in [0.15, 0.2) is 0 Å². The summed E-state index contributed by atoms with van der Waals surface area (Å²) in [6.45, 7) is 1.73. The highest BCUT2D eigenvalue weighted by Crippen LogP contribution is 2.25. The van der Waals surface area contributed by atoms with Gasteiger partial charge in [-0.15, -0.1) is 0 Å². The monoisotopic (exact) mass is 265 g/mol. The third-order valence-corrected chi connectivity index (χ3v) is 3.59. The summed E-state index contributed by atoms with van der Waals surface area (Å²) in [4.78, 5) is 14.4. The van der Waals surface area contributed by atoms with Gasteiger partial charge in [0.1, 0.15) is 12.0 Å². The van der Waals surface area contributed by atoms with Crippen molar-refractivity contribution in [3.63, 3.8) is 0 Å². The van der Waals surface area contributed by atoms with Crippen molar-refractivity contribution in [3.8, 4) is 0 Å². The van der Waals surface area contributed by atoms with Crippen molar-refractivity contribution in [1.29, 1.82) is 0 Å². The molecule has 0 amide bonds. The van der Waals surface area contributed by atoms with Crippen LogP contribution in [0.4, 0.5) is 11.5 Å². The molecular weight excluding hydrogens is 246 g/mol. The molecule has 1 aromatic rings. The molecule has 1 heterocycles. The van der Waals surface area contributed by atoms with E-state index >= 15 is 0 Å². The summed E-state index contributed by atoms with van der Waals surface area (Å²) in [5.41, 5.74) is 0.686. The van der Waals surface area contributed by atoms with E-state index in [1.165, 1.54) is 6.20 Å². The van der Waals surface area contributed by atoms with Crippen LogP contribution in [0.3, 0.4) is 0 Å². The molecule has 0 aliphatic heterocycles. The second-order valence-electron chi connectivity index (χ2n) is 4.98. The predicted octanol–water partition coefficient (Wildman–Crippen LogP) is 2.67. The summed E-state index contributed by atoms with van der Waals surface area (Å²) in [6, 6.07) is 2.06. The number of methoxy groups -OCH3 is 1. The Hall–Kier alpha value is -1.69.